The Hall–Kier alpha value is -1.55. The molecule has 4 nitrogen and oxygen atoms in total. The van der Waals surface area contributed by atoms with Crippen LogP contribution < -0.4 is 10.1 Å². The highest BCUT2D eigenvalue weighted by atomic mass is 16.5. The normalized spacial score (nSPS) is 19.3. The third-order valence-corrected chi connectivity index (χ3v) is 4.45. The van der Waals surface area contributed by atoms with Crippen LogP contribution in [0.15, 0.2) is 18.2 Å². The molecule has 1 N–H and O–H groups in total. The van der Waals surface area contributed by atoms with Crippen molar-refractivity contribution in [1.82, 2.24) is 10.2 Å². The summed E-state index contributed by atoms with van der Waals surface area (Å²) in [6, 6.07) is 6.36. The maximum Gasteiger partial charge on any atom is 0.263 e. The number of aryl methyl sites for hydroxylation is 1. The van der Waals surface area contributed by atoms with Crippen LogP contribution in [-0.4, -0.2) is 43.1 Å². The third-order valence-electron chi connectivity index (χ3n) is 4.45. The summed E-state index contributed by atoms with van der Waals surface area (Å²) in [6.45, 7) is 10.1. The molecule has 122 valence electrons. The number of hydrogen-bond acceptors (Lipinski definition) is 3. The molecule has 0 radical (unpaired) electrons. The van der Waals surface area contributed by atoms with E-state index in [0.717, 1.165) is 25.3 Å². The van der Waals surface area contributed by atoms with Crippen molar-refractivity contribution in [2.24, 2.45) is 0 Å². The van der Waals surface area contributed by atoms with Gasteiger partial charge in [0.1, 0.15) is 5.75 Å². The lowest BCUT2D eigenvalue weighted by atomic mass is 9.98. The predicted octanol–water partition coefficient (Wildman–Crippen LogP) is 2.71. The fourth-order valence-corrected chi connectivity index (χ4v) is 3.06. The average molecular weight is 304 g/mol. The molecule has 0 aliphatic carbocycles. The van der Waals surface area contributed by atoms with Gasteiger partial charge in [-0.25, -0.2) is 0 Å². The minimum atomic E-state index is -0.463. The van der Waals surface area contributed by atoms with Gasteiger partial charge in [0.15, 0.2) is 6.10 Å². The molecule has 1 aliphatic rings. The molecule has 1 fully saturated rings. The van der Waals surface area contributed by atoms with Gasteiger partial charge in [-0.1, -0.05) is 19.9 Å². The van der Waals surface area contributed by atoms with E-state index in [0.29, 0.717) is 5.92 Å². The summed E-state index contributed by atoms with van der Waals surface area (Å²) in [5, 5.41) is 3.29. The number of ether oxygens (including phenoxy) is 1. The Bertz CT molecular complexity index is 522. The predicted molar refractivity (Wildman–Crippen MR) is 89.4 cm³/mol. The van der Waals surface area contributed by atoms with Gasteiger partial charge < -0.3 is 15.0 Å². The second-order valence-electron chi connectivity index (χ2n) is 6.53. The molecule has 1 amide bonds. The van der Waals surface area contributed by atoms with Crippen LogP contribution >= 0.6 is 0 Å². The van der Waals surface area contributed by atoms with Crippen LogP contribution in [0.5, 0.6) is 5.75 Å². The second-order valence-corrected chi connectivity index (χ2v) is 6.53. The summed E-state index contributed by atoms with van der Waals surface area (Å²) in [5.74, 6) is 1.30. The zero-order chi connectivity index (χ0) is 16.3. The lowest BCUT2D eigenvalue weighted by Crippen LogP contribution is -2.44. The first-order chi connectivity index (χ1) is 10.4. The number of carbonyl (C=O) groups is 1. The van der Waals surface area contributed by atoms with Crippen LogP contribution in [0.25, 0.3) is 0 Å². The molecular weight excluding hydrogens is 276 g/mol. The Morgan fingerprint density at radius 3 is 2.64 bits per heavy atom. The fraction of sp³-hybridized carbons (Fsp3) is 0.611. The minimum Gasteiger partial charge on any atom is -0.481 e. The summed E-state index contributed by atoms with van der Waals surface area (Å²) in [5.41, 5.74) is 2.53. The van der Waals surface area contributed by atoms with Crippen LogP contribution in [0.3, 0.4) is 0 Å². The average Bonchev–Trinajstić information content (AvgIpc) is 2.99. The highest BCUT2D eigenvalue weighted by Gasteiger charge is 2.27. The largest absolute Gasteiger partial charge is 0.481 e. The van der Waals surface area contributed by atoms with Crippen molar-refractivity contribution in [3.8, 4) is 5.75 Å². The van der Waals surface area contributed by atoms with Gasteiger partial charge in [0.05, 0.1) is 0 Å². The number of nitrogens with one attached hydrogen (secondary N) is 1. The van der Waals surface area contributed by atoms with E-state index in [1.807, 2.05) is 31.0 Å². The van der Waals surface area contributed by atoms with Crippen molar-refractivity contribution in [3.63, 3.8) is 0 Å². The second kappa shape index (κ2) is 7.14. The number of rotatable bonds is 5. The van der Waals surface area contributed by atoms with E-state index in [4.69, 9.17) is 4.74 Å². The highest BCUT2D eigenvalue weighted by Crippen LogP contribution is 2.24. The fourth-order valence-electron chi connectivity index (χ4n) is 3.06. The van der Waals surface area contributed by atoms with E-state index in [1.54, 1.807) is 0 Å². The maximum atomic E-state index is 12.5. The Kier molecular flexibility index (Phi) is 5.46. The van der Waals surface area contributed by atoms with Crippen molar-refractivity contribution < 1.29 is 9.53 Å². The van der Waals surface area contributed by atoms with Crippen LogP contribution in [0, 0.1) is 6.92 Å². The van der Waals surface area contributed by atoms with Gasteiger partial charge in [0.2, 0.25) is 0 Å². The van der Waals surface area contributed by atoms with Crippen molar-refractivity contribution in [3.05, 3.63) is 29.3 Å². The number of benzene rings is 1. The van der Waals surface area contributed by atoms with E-state index < -0.39 is 6.10 Å². The molecule has 4 heteroatoms. The van der Waals surface area contributed by atoms with Gasteiger partial charge in [0, 0.05) is 19.6 Å². The lowest BCUT2D eigenvalue weighted by molar-refractivity contribution is -0.138. The van der Waals surface area contributed by atoms with Gasteiger partial charge in [-0.2, -0.15) is 0 Å². The summed E-state index contributed by atoms with van der Waals surface area (Å²) in [7, 11) is 1.87. The molecule has 1 heterocycles. The Morgan fingerprint density at radius 2 is 2.09 bits per heavy atom. The standard InChI is InChI=1S/C18H28N2O2/c1-12(2)17-7-6-16(10-13(17)3)22-14(4)18(21)20(5)15-8-9-19-11-15/h6-7,10,12,14-15,19H,8-9,11H2,1-5H3. The van der Waals surface area contributed by atoms with E-state index in [-0.39, 0.29) is 11.9 Å². The van der Waals surface area contributed by atoms with Crippen molar-refractivity contribution >= 4 is 5.91 Å². The summed E-state index contributed by atoms with van der Waals surface area (Å²) in [6.07, 6.45) is 0.548. The number of carbonyl (C=O) groups excluding carboxylic acids is 1. The number of nitrogens with zero attached hydrogens (tertiary/aromatic N) is 1. The summed E-state index contributed by atoms with van der Waals surface area (Å²) >= 11 is 0. The van der Waals surface area contributed by atoms with Crippen molar-refractivity contribution in [1.29, 1.82) is 0 Å². The van der Waals surface area contributed by atoms with Gasteiger partial charge in [-0.05, 0) is 56.0 Å². The molecule has 1 aliphatic heterocycles. The smallest absolute Gasteiger partial charge is 0.263 e. The zero-order valence-electron chi connectivity index (χ0n) is 14.3. The lowest BCUT2D eigenvalue weighted by Gasteiger charge is -2.27. The molecule has 2 rings (SSSR count). The highest BCUT2D eigenvalue weighted by molar-refractivity contribution is 5.81. The monoisotopic (exact) mass is 304 g/mol. The topological polar surface area (TPSA) is 41.6 Å². The van der Waals surface area contributed by atoms with E-state index in [1.165, 1.54) is 11.1 Å². The van der Waals surface area contributed by atoms with Gasteiger partial charge in [-0.15, -0.1) is 0 Å². The van der Waals surface area contributed by atoms with Gasteiger partial charge in [0.25, 0.3) is 5.91 Å². The van der Waals surface area contributed by atoms with E-state index >= 15 is 0 Å². The molecule has 0 spiro atoms. The molecule has 0 aromatic heterocycles. The third kappa shape index (κ3) is 3.80. The number of likely N-dealkylation sites (N-methyl/N-ethyl adjacent to an activating group) is 1. The first kappa shape index (κ1) is 16.8. The van der Waals surface area contributed by atoms with Crippen LogP contribution in [0.4, 0.5) is 0 Å². The molecule has 2 atom stereocenters. The number of amides is 1. The molecular formula is C18H28N2O2. The van der Waals surface area contributed by atoms with Crippen LogP contribution in [0.1, 0.15) is 44.2 Å². The molecule has 1 aromatic carbocycles. The van der Waals surface area contributed by atoms with Crippen LogP contribution in [0.2, 0.25) is 0 Å². The Balaban J connectivity index is 2.00. The quantitative estimate of drug-likeness (QED) is 0.909. The van der Waals surface area contributed by atoms with Gasteiger partial charge in [-0.3, -0.25) is 4.79 Å². The molecule has 0 bridgehead atoms. The summed E-state index contributed by atoms with van der Waals surface area (Å²) in [4.78, 5) is 14.3. The molecule has 0 saturated carbocycles. The van der Waals surface area contributed by atoms with E-state index in [9.17, 15) is 4.79 Å². The van der Waals surface area contributed by atoms with Crippen molar-refractivity contribution in [2.45, 2.75) is 52.2 Å². The summed E-state index contributed by atoms with van der Waals surface area (Å²) < 4.78 is 5.86. The van der Waals surface area contributed by atoms with Crippen molar-refractivity contribution in [2.75, 3.05) is 20.1 Å². The SMILES string of the molecule is Cc1cc(OC(C)C(=O)N(C)C2CCNC2)ccc1C(C)C. The first-order valence-corrected chi connectivity index (χ1v) is 8.14. The molecule has 2 unspecified atom stereocenters. The minimum absolute atomic E-state index is 0.0410. The Labute approximate surface area is 133 Å². The first-order valence-electron chi connectivity index (χ1n) is 8.14. The van der Waals surface area contributed by atoms with Crippen LogP contribution in [-0.2, 0) is 4.79 Å². The van der Waals surface area contributed by atoms with Gasteiger partial charge >= 0.3 is 0 Å². The molecule has 22 heavy (non-hydrogen) atoms. The Morgan fingerprint density at radius 1 is 1.36 bits per heavy atom. The molecule has 1 saturated heterocycles. The maximum absolute atomic E-state index is 12.5. The zero-order valence-corrected chi connectivity index (χ0v) is 14.3. The number of hydrogen-bond donors (Lipinski definition) is 1. The van der Waals surface area contributed by atoms with E-state index in [2.05, 4.69) is 32.2 Å². The molecule has 1 aromatic rings.